The van der Waals surface area contributed by atoms with Crippen LogP contribution in [0.5, 0.6) is 0 Å². The van der Waals surface area contributed by atoms with Crippen molar-refractivity contribution >= 4 is 5.91 Å². The number of amides is 1. The Labute approximate surface area is 85.4 Å². The van der Waals surface area contributed by atoms with Gasteiger partial charge in [-0.3, -0.25) is 4.79 Å². The maximum Gasteiger partial charge on any atom is 0.220 e. The summed E-state index contributed by atoms with van der Waals surface area (Å²) in [5.41, 5.74) is 5.96. The number of nitrogens with one attached hydrogen (secondary N) is 1. The SMILES string of the molecule is NCC1(C2CCCCC2)CNC(=O)C1. The van der Waals surface area contributed by atoms with Gasteiger partial charge in [-0.25, -0.2) is 0 Å². The van der Waals surface area contributed by atoms with E-state index in [-0.39, 0.29) is 11.3 Å². The minimum absolute atomic E-state index is 0.0947. The monoisotopic (exact) mass is 196 g/mol. The summed E-state index contributed by atoms with van der Waals surface area (Å²) in [7, 11) is 0. The van der Waals surface area contributed by atoms with E-state index >= 15 is 0 Å². The number of nitrogens with two attached hydrogens (primary N) is 1. The van der Waals surface area contributed by atoms with Gasteiger partial charge in [0.1, 0.15) is 0 Å². The van der Waals surface area contributed by atoms with Crippen molar-refractivity contribution in [2.45, 2.75) is 38.5 Å². The third-order valence-electron chi connectivity index (χ3n) is 4.03. The summed E-state index contributed by atoms with van der Waals surface area (Å²) in [4.78, 5) is 11.3. The second kappa shape index (κ2) is 3.89. The molecule has 14 heavy (non-hydrogen) atoms. The average molecular weight is 196 g/mol. The van der Waals surface area contributed by atoms with Crippen LogP contribution in [-0.2, 0) is 4.79 Å². The van der Waals surface area contributed by atoms with Crippen LogP contribution in [-0.4, -0.2) is 19.0 Å². The van der Waals surface area contributed by atoms with Gasteiger partial charge in [-0.1, -0.05) is 19.3 Å². The Morgan fingerprint density at radius 2 is 2.07 bits per heavy atom. The molecule has 3 nitrogen and oxygen atoms in total. The molecule has 0 radical (unpaired) electrons. The van der Waals surface area contributed by atoms with Gasteiger partial charge in [0.05, 0.1) is 0 Å². The zero-order chi connectivity index (χ0) is 10.0. The fraction of sp³-hybridized carbons (Fsp3) is 0.909. The fourth-order valence-electron chi connectivity index (χ4n) is 3.03. The topological polar surface area (TPSA) is 55.1 Å². The predicted octanol–water partition coefficient (Wildman–Crippen LogP) is 1.03. The second-order valence-electron chi connectivity index (χ2n) is 4.85. The van der Waals surface area contributed by atoms with Crippen molar-refractivity contribution < 1.29 is 4.79 Å². The van der Waals surface area contributed by atoms with Gasteiger partial charge in [0.15, 0.2) is 0 Å². The Bertz CT molecular complexity index is 223. The van der Waals surface area contributed by atoms with E-state index < -0.39 is 0 Å². The standard InChI is InChI=1S/C11H20N2O/c12-7-11(6-10(14)13-8-11)9-4-2-1-3-5-9/h9H,1-8,12H2,(H,13,14). The molecule has 2 aliphatic rings. The molecule has 1 aliphatic carbocycles. The van der Waals surface area contributed by atoms with E-state index in [0.29, 0.717) is 18.9 Å². The third-order valence-corrected chi connectivity index (χ3v) is 4.03. The lowest BCUT2D eigenvalue weighted by Crippen LogP contribution is -2.40. The van der Waals surface area contributed by atoms with Crippen LogP contribution in [0.1, 0.15) is 38.5 Å². The molecule has 0 aromatic heterocycles. The van der Waals surface area contributed by atoms with Crippen LogP contribution in [0.15, 0.2) is 0 Å². The molecular weight excluding hydrogens is 176 g/mol. The summed E-state index contributed by atoms with van der Waals surface area (Å²) < 4.78 is 0. The van der Waals surface area contributed by atoms with Crippen molar-refractivity contribution in [3.05, 3.63) is 0 Å². The van der Waals surface area contributed by atoms with E-state index in [2.05, 4.69) is 5.32 Å². The van der Waals surface area contributed by atoms with Gasteiger partial charge < -0.3 is 11.1 Å². The smallest absolute Gasteiger partial charge is 0.220 e. The minimum Gasteiger partial charge on any atom is -0.355 e. The number of rotatable bonds is 2. The molecule has 0 spiro atoms. The van der Waals surface area contributed by atoms with E-state index in [1.165, 1.54) is 32.1 Å². The van der Waals surface area contributed by atoms with Crippen molar-refractivity contribution in [1.29, 1.82) is 0 Å². The molecule has 2 fully saturated rings. The highest BCUT2D eigenvalue weighted by atomic mass is 16.1. The molecule has 1 saturated heterocycles. The Kier molecular flexibility index (Phi) is 2.77. The summed E-state index contributed by atoms with van der Waals surface area (Å²) in [5.74, 6) is 0.876. The number of carbonyl (C=O) groups is 1. The van der Waals surface area contributed by atoms with Gasteiger partial charge in [0.25, 0.3) is 0 Å². The number of carbonyl (C=O) groups excluding carboxylic acids is 1. The van der Waals surface area contributed by atoms with Crippen LogP contribution >= 0.6 is 0 Å². The Morgan fingerprint density at radius 3 is 2.57 bits per heavy atom. The Balaban J connectivity index is 2.06. The normalized spacial score (nSPS) is 34.5. The lowest BCUT2D eigenvalue weighted by atomic mass is 9.68. The van der Waals surface area contributed by atoms with Crippen molar-refractivity contribution in [3.8, 4) is 0 Å². The zero-order valence-electron chi connectivity index (χ0n) is 8.72. The highest BCUT2D eigenvalue weighted by molar-refractivity contribution is 5.79. The molecule has 1 heterocycles. The molecule has 1 amide bonds. The Hall–Kier alpha value is -0.570. The first-order valence-electron chi connectivity index (χ1n) is 5.74. The number of hydrogen-bond donors (Lipinski definition) is 2. The molecule has 0 aromatic carbocycles. The van der Waals surface area contributed by atoms with E-state index in [1.807, 2.05) is 0 Å². The molecule has 3 N–H and O–H groups in total. The largest absolute Gasteiger partial charge is 0.355 e. The van der Waals surface area contributed by atoms with E-state index in [0.717, 1.165) is 6.54 Å². The molecule has 1 unspecified atom stereocenters. The summed E-state index contributed by atoms with van der Waals surface area (Å²) in [6.07, 6.45) is 7.20. The van der Waals surface area contributed by atoms with Gasteiger partial charge in [-0.05, 0) is 18.8 Å². The summed E-state index contributed by atoms with van der Waals surface area (Å²) in [5, 5.41) is 2.94. The molecular formula is C11H20N2O. The minimum atomic E-state index is 0.0947. The Morgan fingerprint density at radius 1 is 1.36 bits per heavy atom. The van der Waals surface area contributed by atoms with Gasteiger partial charge >= 0.3 is 0 Å². The van der Waals surface area contributed by atoms with Gasteiger partial charge in [0, 0.05) is 24.9 Å². The maximum atomic E-state index is 11.3. The first-order chi connectivity index (χ1) is 6.77. The first kappa shape index (κ1) is 9.97. The van der Waals surface area contributed by atoms with E-state index in [4.69, 9.17) is 5.73 Å². The molecule has 80 valence electrons. The maximum absolute atomic E-state index is 11.3. The van der Waals surface area contributed by atoms with Crippen LogP contribution in [0.4, 0.5) is 0 Å². The van der Waals surface area contributed by atoms with Crippen molar-refractivity contribution in [3.63, 3.8) is 0 Å². The predicted molar refractivity (Wildman–Crippen MR) is 55.7 cm³/mol. The average Bonchev–Trinajstić information content (AvgIpc) is 2.63. The van der Waals surface area contributed by atoms with Crippen LogP contribution in [0.2, 0.25) is 0 Å². The quantitative estimate of drug-likeness (QED) is 0.693. The highest BCUT2D eigenvalue weighted by Crippen LogP contribution is 2.42. The van der Waals surface area contributed by atoms with Crippen molar-refractivity contribution in [2.75, 3.05) is 13.1 Å². The molecule has 1 saturated carbocycles. The van der Waals surface area contributed by atoms with Crippen LogP contribution < -0.4 is 11.1 Å². The molecule has 3 heteroatoms. The molecule has 0 bridgehead atoms. The van der Waals surface area contributed by atoms with Gasteiger partial charge in [-0.2, -0.15) is 0 Å². The molecule has 2 rings (SSSR count). The third kappa shape index (κ3) is 1.65. The highest BCUT2D eigenvalue weighted by Gasteiger charge is 2.43. The molecule has 1 atom stereocenters. The van der Waals surface area contributed by atoms with Gasteiger partial charge in [0.2, 0.25) is 5.91 Å². The summed E-state index contributed by atoms with van der Waals surface area (Å²) in [6.45, 7) is 1.48. The second-order valence-corrected chi connectivity index (χ2v) is 4.85. The fourth-order valence-corrected chi connectivity index (χ4v) is 3.03. The summed E-state index contributed by atoms with van der Waals surface area (Å²) in [6, 6.07) is 0. The number of hydrogen-bond acceptors (Lipinski definition) is 2. The molecule has 0 aromatic rings. The summed E-state index contributed by atoms with van der Waals surface area (Å²) >= 11 is 0. The molecule has 1 aliphatic heterocycles. The van der Waals surface area contributed by atoms with Crippen LogP contribution in [0.3, 0.4) is 0 Å². The van der Waals surface area contributed by atoms with Crippen LogP contribution in [0.25, 0.3) is 0 Å². The van der Waals surface area contributed by atoms with Crippen molar-refractivity contribution in [2.24, 2.45) is 17.1 Å². The lowest BCUT2D eigenvalue weighted by Gasteiger charge is -2.37. The first-order valence-corrected chi connectivity index (χ1v) is 5.74. The lowest BCUT2D eigenvalue weighted by molar-refractivity contribution is -0.120. The zero-order valence-corrected chi connectivity index (χ0v) is 8.72. The van der Waals surface area contributed by atoms with Gasteiger partial charge in [-0.15, -0.1) is 0 Å². The van der Waals surface area contributed by atoms with E-state index in [1.54, 1.807) is 0 Å². The van der Waals surface area contributed by atoms with Crippen LogP contribution in [0, 0.1) is 11.3 Å². The van der Waals surface area contributed by atoms with Crippen molar-refractivity contribution in [1.82, 2.24) is 5.32 Å². The van der Waals surface area contributed by atoms with E-state index in [9.17, 15) is 4.79 Å².